The predicted molar refractivity (Wildman–Crippen MR) is 117 cm³/mol. The second-order valence-electron chi connectivity index (χ2n) is 8.26. The van der Waals surface area contributed by atoms with Crippen molar-refractivity contribution in [1.29, 1.82) is 0 Å². The number of hydrogen-bond acceptors (Lipinski definition) is 4. The second-order valence-corrected chi connectivity index (χ2v) is 8.26. The number of rotatable bonds is 5. The Balaban J connectivity index is 1.46. The van der Waals surface area contributed by atoms with Crippen molar-refractivity contribution in [3.63, 3.8) is 0 Å². The van der Waals surface area contributed by atoms with Crippen molar-refractivity contribution in [2.45, 2.75) is 25.9 Å². The van der Waals surface area contributed by atoms with Gasteiger partial charge in [0.2, 0.25) is 0 Å². The molecule has 2 atom stereocenters. The fourth-order valence-corrected chi connectivity index (χ4v) is 4.90. The smallest absolute Gasteiger partial charge is 0.182 e. The Morgan fingerprint density at radius 1 is 1.14 bits per heavy atom. The maximum atomic E-state index is 6.56. The van der Waals surface area contributed by atoms with Crippen LogP contribution in [0.25, 0.3) is 10.9 Å². The summed E-state index contributed by atoms with van der Waals surface area (Å²) in [7, 11) is 0. The number of quaternary nitrogens is 1. The molecule has 3 heterocycles. The van der Waals surface area contributed by atoms with Gasteiger partial charge in [-0.05, 0) is 43.8 Å². The first-order chi connectivity index (χ1) is 14.2. The molecule has 2 aromatic carbocycles. The minimum absolute atomic E-state index is 0.00154. The lowest BCUT2D eigenvalue weighted by atomic mass is 10.1. The second kappa shape index (κ2) is 7.32. The molecule has 1 aromatic heterocycles. The molecule has 0 spiro atoms. The molecule has 2 aliphatic rings. The number of para-hydroxylation sites is 1. The number of nitrogens with two attached hydrogens (primary N) is 1. The monoisotopic (exact) mass is 390 g/mol. The van der Waals surface area contributed by atoms with Gasteiger partial charge in [-0.2, -0.15) is 0 Å². The van der Waals surface area contributed by atoms with Gasteiger partial charge in [-0.25, -0.2) is 0 Å². The minimum atomic E-state index is -0.00154. The van der Waals surface area contributed by atoms with Crippen LogP contribution in [0.15, 0.2) is 48.5 Å². The molecule has 29 heavy (non-hydrogen) atoms. The molecule has 1 unspecified atom stereocenters. The van der Waals surface area contributed by atoms with E-state index in [0.717, 1.165) is 65.1 Å². The Kier molecular flexibility index (Phi) is 4.64. The van der Waals surface area contributed by atoms with E-state index in [-0.39, 0.29) is 6.10 Å². The zero-order valence-corrected chi connectivity index (χ0v) is 16.9. The molecule has 0 fully saturated rings. The highest BCUT2D eigenvalue weighted by Gasteiger charge is 2.41. The van der Waals surface area contributed by atoms with E-state index in [1.54, 1.807) is 0 Å². The number of pyridine rings is 1. The molecule has 2 aliphatic heterocycles. The van der Waals surface area contributed by atoms with Crippen LogP contribution >= 0.6 is 0 Å². The maximum Gasteiger partial charge on any atom is 0.182 e. The molecule has 0 saturated carbocycles. The minimum Gasteiger partial charge on any atom is -0.486 e. The quantitative estimate of drug-likeness (QED) is 0.677. The van der Waals surface area contributed by atoms with E-state index in [4.69, 9.17) is 15.2 Å². The lowest BCUT2D eigenvalue weighted by Crippen LogP contribution is -2.56. The van der Waals surface area contributed by atoms with Gasteiger partial charge in [0.25, 0.3) is 0 Å². The SMILES string of the molecule is Cc1ccc2c3c(ccc2n1)OC[C@H](C[N+]1(CCCN)CCc2ccccc21)O3. The van der Waals surface area contributed by atoms with Crippen molar-refractivity contribution in [1.82, 2.24) is 9.47 Å². The fraction of sp³-hybridized carbons (Fsp3) is 0.375. The average Bonchev–Trinajstić information content (AvgIpc) is 3.10. The van der Waals surface area contributed by atoms with Gasteiger partial charge in [-0.1, -0.05) is 18.2 Å². The summed E-state index contributed by atoms with van der Waals surface area (Å²) >= 11 is 0. The van der Waals surface area contributed by atoms with E-state index in [2.05, 4.69) is 35.3 Å². The largest absolute Gasteiger partial charge is 0.486 e. The Morgan fingerprint density at radius 3 is 2.93 bits per heavy atom. The number of fused-ring (bicyclic) bond motifs is 4. The van der Waals surface area contributed by atoms with Crippen molar-refractivity contribution in [2.24, 2.45) is 5.73 Å². The number of nitrogens with zero attached hydrogens (tertiary/aromatic N) is 2. The van der Waals surface area contributed by atoms with Crippen LogP contribution in [0, 0.1) is 6.92 Å². The Bertz CT molecular complexity index is 1050. The van der Waals surface area contributed by atoms with E-state index >= 15 is 0 Å². The molecule has 0 amide bonds. The first kappa shape index (κ1) is 18.4. The van der Waals surface area contributed by atoms with Gasteiger partial charge in [-0.3, -0.25) is 9.47 Å². The average molecular weight is 391 g/mol. The van der Waals surface area contributed by atoms with E-state index in [9.17, 15) is 0 Å². The van der Waals surface area contributed by atoms with Crippen molar-refractivity contribution in [3.05, 3.63) is 59.8 Å². The molecule has 5 nitrogen and oxygen atoms in total. The molecule has 0 aliphatic carbocycles. The van der Waals surface area contributed by atoms with Crippen LogP contribution < -0.4 is 19.7 Å². The van der Waals surface area contributed by atoms with Gasteiger partial charge in [-0.15, -0.1) is 0 Å². The van der Waals surface area contributed by atoms with Gasteiger partial charge in [0, 0.05) is 29.5 Å². The van der Waals surface area contributed by atoms with Gasteiger partial charge < -0.3 is 15.2 Å². The number of hydrogen-bond donors (Lipinski definition) is 1. The summed E-state index contributed by atoms with van der Waals surface area (Å²) in [5.74, 6) is 1.64. The normalized spacial score (nSPS) is 22.6. The summed E-state index contributed by atoms with van der Waals surface area (Å²) in [5.41, 5.74) is 10.7. The third-order valence-electron chi connectivity index (χ3n) is 6.29. The molecule has 5 rings (SSSR count). The standard InChI is InChI=1S/C24H28N3O2/c1-17-7-8-20-21(26-17)9-10-23-24(20)29-19(16-28-23)15-27(13-4-12-25)14-11-18-5-2-3-6-22(18)27/h2-3,5-10,19H,4,11-16,25H2,1H3/q+1/t19-,27?/m0/s1. The van der Waals surface area contributed by atoms with E-state index in [0.29, 0.717) is 13.2 Å². The summed E-state index contributed by atoms with van der Waals surface area (Å²) in [6.07, 6.45) is 2.11. The number of benzene rings is 2. The highest BCUT2D eigenvalue weighted by molar-refractivity contribution is 5.88. The molecule has 150 valence electrons. The highest BCUT2D eigenvalue weighted by Crippen LogP contribution is 2.40. The third kappa shape index (κ3) is 3.24. The third-order valence-corrected chi connectivity index (χ3v) is 6.29. The van der Waals surface area contributed by atoms with Crippen LogP contribution in [0.5, 0.6) is 11.5 Å². The topological polar surface area (TPSA) is 57.4 Å². The Hall–Kier alpha value is -2.63. The van der Waals surface area contributed by atoms with Crippen molar-refractivity contribution in [3.8, 4) is 11.5 Å². The van der Waals surface area contributed by atoms with Crippen molar-refractivity contribution in [2.75, 3.05) is 32.8 Å². The van der Waals surface area contributed by atoms with Crippen LogP contribution in [0.2, 0.25) is 0 Å². The number of aromatic nitrogens is 1. The molecule has 0 radical (unpaired) electrons. The van der Waals surface area contributed by atoms with Crippen LogP contribution in [0.3, 0.4) is 0 Å². The summed E-state index contributed by atoms with van der Waals surface area (Å²) in [5, 5.41) is 1.02. The van der Waals surface area contributed by atoms with Gasteiger partial charge in [0.15, 0.2) is 17.6 Å². The lowest BCUT2D eigenvalue weighted by Gasteiger charge is -2.39. The Morgan fingerprint density at radius 2 is 2.03 bits per heavy atom. The van der Waals surface area contributed by atoms with Crippen LogP contribution in [0.1, 0.15) is 17.7 Å². The predicted octanol–water partition coefficient (Wildman–Crippen LogP) is 3.60. The van der Waals surface area contributed by atoms with Crippen LogP contribution in [-0.2, 0) is 6.42 Å². The van der Waals surface area contributed by atoms with Crippen LogP contribution in [0.4, 0.5) is 5.69 Å². The van der Waals surface area contributed by atoms with Gasteiger partial charge in [0.05, 0.1) is 18.6 Å². The fourth-order valence-electron chi connectivity index (χ4n) is 4.90. The Labute approximate surface area is 171 Å². The molecular formula is C24H28N3O2+. The highest BCUT2D eigenvalue weighted by atomic mass is 16.6. The first-order valence-corrected chi connectivity index (χ1v) is 10.5. The molecule has 0 bridgehead atoms. The van der Waals surface area contributed by atoms with E-state index in [1.807, 2.05) is 25.1 Å². The number of ether oxygens (including phenoxy) is 2. The zero-order chi connectivity index (χ0) is 19.8. The first-order valence-electron chi connectivity index (χ1n) is 10.5. The molecular weight excluding hydrogens is 362 g/mol. The zero-order valence-electron chi connectivity index (χ0n) is 16.9. The summed E-state index contributed by atoms with van der Waals surface area (Å²) in [4.78, 5) is 4.64. The molecule has 5 heteroatoms. The van der Waals surface area contributed by atoms with Crippen molar-refractivity contribution >= 4 is 16.6 Å². The molecule has 0 saturated heterocycles. The maximum absolute atomic E-state index is 6.56. The summed E-state index contributed by atoms with van der Waals surface area (Å²) < 4.78 is 13.6. The number of aryl methyl sites for hydroxylation is 1. The van der Waals surface area contributed by atoms with Gasteiger partial charge in [0.1, 0.15) is 18.8 Å². The lowest BCUT2D eigenvalue weighted by molar-refractivity contribution is 0.0642. The summed E-state index contributed by atoms with van der Waals surface area (Å²) in [6.45, 7) is 6.32. The summed E-state index contributed by atoms with van der Waals surface area (Å²) in [6, 6.07) is 16.9. The molecule has 3 aromatic rings. The molecule has 2 N–H and O–H groups in total. The van der Waals surface area contributed by atoms with Gasteiger partial charge >= 0.3 is 0 Å². The van der Waals surface area contributed by atoms with E-state index in [1.165, 1.54) is 11.3 Å². The van der Waals surface area contributed by atoms with Crippen LogP contribution in [-0.4, -0.2) is 43.9 Å². The van der Waals surface area contributed by atoms with Crippen molar-refractivity contribution < 1.29 is 9.47 Å². The van der Waals surface area contributed by atoms with E-state index < -0.39 is 0 Å².